The molecular formula is C55H44N2. The van der Waals surface area contributed by atoms with E-state index in [-0.39, 0.29) is 16.7 Å². The molecule has 4 aliphatic carbocycles. The highest BCUT2D eigenvalue weighted by Gasteiger charge is 2.43. The number of fused-ring (bicyclic) bond motifs is 8. The van der Waals surface area contributed by atoms with Gasteiger partial charge in [0.15, 0.2) is 0 Å². The topological polar surface area (TPSA) is 16.1 Å². The van der Waals surface area contributed by atoms with Crippen molar-refractivity contribution in [1.29, 1.82) is 0 Å². The molecule has 0 aliphatic heterocycles. The molecule has 2 atom stereocenters. The predicted octanol–water partition coefficient (Wildman–Crippen LogP) is 14.2. The lowest BCUT2D eigenvalue weighted by atomic mass is 9.78. The molecule has 1 heterocycles. The lowest BCUT2D eigenvalue weighted by Crippen LogP contribution is -2.26. The molecule has 0 amide bonds. The molecule has 0 spiro atoms. The van der Waals surface area contributed by atoms with Crippen LogP contribution < -0.4 is 4.90 Å². The van der Waals surface area contributed by atoms with Crippen molar-refractivity contribution in [2.24, 2.45) is 0 Å². The minimum Gasteiger partial charge on any atom is -0.311 e. The van der Waals surface area contributed by atoms with Gasteiger partial charge in [-0.1, -0.05) is 149 Å². The van der Waals surface area contributed by atoms with E-state index < -0.39 is 0 Å². The molecule has 8 aromatic rings. The summed E-state index contributed by atoms with van der Waals surface area (Å²) < 4.78 is 0. The maximum absolute atomic E-state index is 4.83. The fourth-order valence-corrected chi connectivity index (χ4v) is 11.3. The van der Waals surface area contributed by atoms with Crippen LogP contribution >= 0.6 is 0 Å². The summed E-state index contributed by atoms with van der Waals surface area (Å²) in [6.07, 6.45) is 16.2. The molecular weight excluding hydrogens is 689 g/mol. The van der Waals surface area contributed by atoms with Crippen molar-refractivity contribution in [1.82, 2.24) is 4.98 Å². The third-order valence-electron chi connectivity index (χ3n) is 14.2. The summed E-state index contributed by atoms with van der Waals surface area (Å²) in [5.41, 5.74) is 16.1. The Morgan fingerprint density at radius 2 is 1.33 bits per heavy atom. The van der Waals surface area contributed by atoms with Gasteiger partial charge in [0.1, 0.15) is 0 Å². The van der Waals surface area contributed by atoms with Crippen molar-refractivity contribution in [3.63, 3.8) is 0 Å². The van der Waals surface area contributed by atoms with Crippen molar-refractivity contribution in [2.75, 3.05) is 4.90 Å². The molecule has 0 fully saturated rings. The van der Waals surface area contributed by atoms with Crippen LogP contribution in [-0.4, -0.2) is 4.98 Å². The number of rotatable bonds is 4. The summed E-state index contributed by atoms with van der Waals surface area (Å²) in [5, 5.41) is 9.03. The molecule has 7 aromatic carbocycles. The van der Waals surface area contributed by atoms with Crippen LogP contribution in [0.1, 0.15) is 80.2 Å². The maximum atomic E-state index is 4.83. The van der Waals surface area contributed by atoms with Crippen LogP contribution in [0.15, 0.2) is 175 Å². The molecule has 0 radical (unpaired) electrons. The normalized spacial score (nSPS) is 20.0. The van der Waals surface area contributed by atoms with E-state index in [0.717, 1.165) is 18.4 Å². The van der Waals surface area contributed by atoms with Crippen LogP contribution in [0.5, 0.6) is 0 Å². The molecule has 4 aliphatic rings. The molecule has 0 saturated carbocycles. The van der Waals surface area contributed by atoms with Gasteiger partial charge in [0.2, 0.25) is 0 Å². The van der Waals surface area contributed by atoms with E-state index >= 15 is 0 Å². The summed E-state index contributed by atoms with van der Waals surface area (Å²) in [7, 11) is 0. The van der Waals surface area contributed by atoms with Crippen LogP contribution in [-0.2, 0) is 10.8 Å². The van der Waals surface area contributed by atoms with Crippen molar-refractivity contribution in [3.8, 4) is 11.1 Å². The van der Waals surface area contributed by atoms with E-state index in [1.807, 2.05) is 12.3 Å². The molecule has 274 valence electrons. The van der Waals surface area contributed by atoms with Gasteiger partial charge in [0.05, 0.1) is 5.52 Å². The molecule has 2 unspecified atom stereocenters. The first-order chi connectivity index (χ1) is 27.8. The fourth-order valence-electron chi connectivity index (χ4n) is 11.3. The van der Waals surface area contributed by atoms with E-state index in [0.29, 0.717) is 5.92 Å². The number of hydrogen-bond acceptors (Lipinski definition) is 2. The van der Waals surface area contributed by atoms with Gasteiger partial charge in [-0.3, -0.25) is 4.98 Å². The lowest BCUT2D eigenvalue weighted by Gasteiger charge is -2.35. The van der Waals surface area contributed by atoms with E-state index in [1.54, 1.807) is 0 Å². The molecule has 2 heteroatoms. The zero-order valence-corrected chi connectivity index (χ0v) is 33.0. The number of allylic oxidation sites excluding steroid dienone is 6. The van der Waals surface area contributed by atoms with Gasteiger partial charge in [0.25, 0.3) is 0 Å². The minimum atomic E-state index is -0.0769. The molecule has 2 nitrogen and oxygen atoms in total. The quantitative estimate of drug-likeness (QED) is 0.132. The van der Waals surface area contributed by atoms with E-state index in [4.69, 9.17) is 4.98 Å². The lowest BCUT2D eigenvalue weighted by molar-refractivity contribution is 0.609. The Balaban J connectivity index is 0.967. The van der Waals surface area contributed by atoms with E-state index in [1.165, 1.54) is 99.3 Å². The second kappa shape index (κ2) is 11.6. The van der Waals surface area contributed by atoms with Gasteiger partial charge in [-0.15, -0.1) is 0 Å². The summed E-state index contributed by atoms with van der Waals surface area (Å²) in [4.78, 5) is 7.38. The highest BCUT2D eigenvalue weighted by molar-refractivity contribution is 6.28. The van der Waals surface area contributed by atoms with Crippen molar-refractivity contribution in [2.45, 2.75) is 63.2 Å². The zero-order chi connectivity index (χ0) is 38.2. The van der Waals surface area contributed by atoms with Gasteiger partial charge in [-0.2, -0.15) is 0 Å². The summed E-state index contributed by atoms with van der Waals surface area (Å²) in [6, 6.07) is 45.8. The maximum Gasteiger partial charge on any atom is 0.0780 e. The van der Waals surface area contributed by atoms with Gasteiger partial charge < -0.3 is 4.90 Å². The first-order valence-corrected chi connectivity index (χ1v) is 20.7. The standard InChI is InChI=1S/C55H44N2/c1-54(2)47-13-7-5-11-41(47)43-25-22-38(31-49(43)54)57(39-23-26-44-42-12-6-8-14-48(42)55(3,4)50(44)32-39)37-20-17-33(18-21-37)40-24-19-34-15-16-35-30-36-10-9-29-56-53(36)46-28-27-45(40)51(34)52(35)46/h5-17,19-25,27-33,44H,18,26H2,1-4H3. The van der Waals surface area contributed by atoms with Gasteiger partial charge >= 0.3 is 0 Å². The molecule has 0 N–H and O–H groups in total. The number of nitrogens with zero attached hydrogens (tertiary/aromatic N) is 2. The number of hydrogen-bond donors (Lipinski definition) is 0. The van der Waals surface area contributed by atoms with Crippen molar-refractivity contribution >= 4 is 48.9 Å². The fraction of sp³-hybridized carbons (Fsp3) is 0.182. The average Bonchev–Trinajstić information content (AvgIpc) is 3.62. The molecule has 12 rings (SSSR count). The first-order valence-electron chi connectivity index (χ1n) is 20.7. The Hall–Kier alpha value is -6.25. The number of pyridine rings is 1. The molecule has 57 heavy (non-hydrogen) atoms. The second-order valence-electron chi connectivity index (χ2n) is 17.8. The average molecular weight is 733 g/mol. The third-order valence-corrected chi connectivity index (χ3v) is 14.2. The smallest absolute Gasteiger partial charge is 0.0780 e. The third kappa shape index (κ3) is 4.56. The number of aromatic nitrogens is 1. The Labute approximate surface area is 334 Å². The summed E-state index contributed by atoms with van der Waals surface area (Å²) >= 11 is 0. The van der Waals surface area contributed by atoms with Gasteiger partial charge in [-0.25, -0.2) is 0 Å². The van der Waals surface area contributed by atoms with Crippen LogP contribution in [0.4, 0.5) is 5.69 Å². The van der Waals surface area contributed by atoms with Crippen LogP contribution in [0.2, 0.25) is 0 Å². The Bertz CT molecular complexity index is 3150. The van der Waals surface area contributed by atoms with Crippen molar-refractivity contribution in [3.05, 3.63) is 203 Å². The highest BCUT2D eigenvalue weighted by atomic mass is 15.2. The molecule has 0 saturated heterocycles. The van der Waals surface area contributed by atoms with Crippen molar-refractivity contribution < 1.29 is 0 Å². The van der Waals surface area contributed by atoms with E-state index in [9.17, 15) is 0 Å². The SMILES string of the molecule is CC1(C)C2=CC(N(C3=CCC(c4ccc5ccc6cc7cccnc7c7ccc4c5c67)C=C3)c3ccc4c(c3)C(C)(C)c3ccccc3-4)=CCC2c2ccccc21. The summed E-state index contributed by atoms with van der Waals surface area (Å²) in [6.45, 7) is 9.60. The number of benzene rings is 7. The molecule has 1 aromatic heterocycles. The Morgan fingerprint density at radius 1 is 0.579 bits per heavy atom. The number of anilines is 1. The van der Waals surface area contributed by atoms with E-state index in [2.05, 4.69) is 178 Å². The van der Waals surface area contributed by atoms with Crippen LogP contribution in [0.25, 0.3) is 54.3 Å². The first kappa shape index (κ1) is 32.9. The summed E-state index contributed by atoms with van der Waals surface area (Å²) in [5.74, 6) is 0.702. The van der Waals surface area contributed by atoms with Crippen LogP contribution in [0, 0.1) is 0 Å². The molecule has 0 bridgehead atoms. The highest BCUT2D eigenvalue weighted by Crippen LogP contribution is 2.55. The van der Waals surface area contributed by atoms with Crippen LogP contribution in [0.3, 0.4) is 0 Å². The van der Waals surface area contributed by atoms with Gasteiger partial charge in [-0.05, 0) is 115 Å². The second-order valence-corrected chi connectivity index (χ2v) is 17.8. The Kier molecular flexibility index (Phi) is 6.73. The monoisotopic (exact) mass is 732 g/mol. The van der Waals surface area contributed by atoms with Gasteiger partial charge in [0, 0.05) is 56.7 Å². The zero-order valence-electron chi connectivity index (χ0n) is 33.0. The Morgan fingerprint density at radius 3 is 2.21 bits per heavy atom. The largest absolute Gasteiger partial charge is 0.311 e. The predicted molar refractivity (Wildman–Crippen MR) is 240 cm³/mol. The minimum absolute atomic E-state index is 0.0206.